The second-order valence-electron chi connectivity index (χ2n) is 7.15. The summed E-state index contributed by atoms with van der Waals surface area (Å²) in [6.45, 7) is 3.63. The van der Waals surface area contributed by atoms with E-state index in [0.717, 1.165) is 25.9 Å². The number of piperidine rings is 1. The summed E-state index contributed by atoms with van der Waals surface area (Å²) in [5.74, 6) is -1.59. The van der Waals surface area contributed by atoms with E-state index in [-0.39, 0.29) is 30.4 Å². The van der Waals surface area contributed by atoms with Crippen LogP contribution in [0.1, 0.15) is 39.0 Å². The molecule has 148 valence electrons. The van der Waals surface area contributed by atoms with Gasteiger partial charge in [-0.1, -0.05) is 0 Å². The van der Waals surface area contributed by atoms with Crippen LogP contribution in [0.2, 0.25) is 0 Å². The van der Waals surface area contributed by atoms with Gasteiger partial charge in [-0.3, -0.25) is 14.4 Å². The Hall–Kier alpha value is -1.67. The van der Waals surface area contributed by atoms with Crippen molar-refractivity contribution in [3.8, 4) is 0 Å². The zero-order valence-electron chi connectivity index (χ0n) is 15.7. The van der Waals surface area contributed by atoms with Crippen molar-refractivity contribution < 1.29 is 29.0 Å². The quantitative estimate of drug-likeness (QED) is 0.710. The van der Waals surface area contributed by atoms with Crippen LogP contribution in [0.5, 0.6) is 0 Å². The third-order valence-corrected chi connectivity index (χ3v) is 5.10. The highest BCUT2D eigenvalue weighted by Gasteiger charge is 2.29. The van der Waals surface area contributed by atoms with Crippen LogP contribution in [0.4, 0.5) is 0 Å². The average Bonchev–Trinajstić information content (AvgIpc) is 2.66. The lowest BCUT2D eigenvalue weighted by molar-refractivity contribution is -0.150. The van der Waals surface area contributed by atoms with Crippen LogP contribution in [-0.4, -0.2) is 84.8 Å². The monoisotopic (exact) mass is 370 g/mol. The normalized spacial score (nSPS) is 22.7. The van der Waals surface area contributed by atoms with Gasteiger partial charge in [0.1, 0.15) is 6.10 Å². The largest absolute Gasteiger partial charge is 0.481 e. The number of hydrogen-bond donors (Lipinski definition) is 1. The molecule has 2 heterocycles. The molecule has 0 radical (unpaired) electrons. The van der Waals surface area contributed by atoms with Crippen LogP contribution in [-0.2, 0) is 23.9 Å². The van der Waals surface area contributed by atoms with E-state index in [1.807, 2.05) is 0 Å². The molecule has 2 atom stereocenters. The van der Waals surface area contributed by atoms with Gasteiger partial charge in [0.15, 0.2) is 0 Å². The molecule has 1 N–H and O–H groups in total. The van der Waals surface area contributed by atoms with Gasteiger partial charge in [0.25, 0.3) is 5.91 Å². The predicted octanol–water partition coefficient (Wildman–Crippen LogP) is 0.742. The minimum Gasteiger partial charge on any atom is -0.481 e. The topological polar surface area (TPSA) is 96.4 Å². The van der Waals surface area contributed by atoms with Gasteiger partial charge in [-0.25, -0.2) is 0 Å². The summed E-state index contributed by atoms with van der Waals surface area (Å²) in [6, 6.07) is 0. The first-order valence-electron chi connectivity index (χ1n) is 9.37. The van der Waals surface area contributed by atoms with Crippen LogP contribution < -0.4 is 0 Å². The number of ether oxygens (including phenoxy) is 2. The number of amides is 2. The van der Waals surface area contributed by atoms with Crippen molar-refractivity contribution >= 4 is 17.8 Å². The zero-order valence-corrected chi connectivity index (χ0v) is 15.7. The van der Waals surface area contributed by atoms with Crippen molar-refractivity contribution in [3.05, 3.63) is 0 Å². The van der Waals surface area contributed by atoms with Crippen LogP contribution in [0.25, 0.3) is 0 Å². The molecule has 0 aromatic heterocycles. The Morgan fingerprint density at radius 3 is 2.50 bits per heavy atom. The fraction of sp³-hybridized carbons (Fsp3) is 0.833. The molecule has 0 spiro atoms. The second-order valence-corrected chi connectivity index (χ2v) is 7.15. The first kappa shape index (κ1) is 20.6. The van der Waals surface area contributed by atoms with Gasteiger partial charge in [0.05, 0.1) is 25.2 Å². The van der Waals surface area contributed by atoms with Crippen molar-refractivity contribution in [2.75, 3.05) is 39.9 Å². The molecule has 2 aliphatic rings. The van der Waals surface area contributed by atoms with Crippen molar-refractivity contribution in [2.45, 2.75) is 51.2 Å². The van der Waals surface area contributed by atoms with E-state index in [1.165, 1.54) is 4.90 Å². The van der Waals surface area contributed by atoms with Gasteiger partial charge in [-0.05, 0) is 39.0 Å². The lowest BCUT2D eigenvalue weighted by atomic mass is 9.97. The molecule has 2 unspecified atom stereocenters. The van der Waals surface area contributed by atoms with Crippen molar-refractivity contribution in [2.24, 2.45) is 5.92 Å². The molecular formula is C18H30N2O6. The van der Waals surface area contributed by atoms with Crippen LogP contribution in [0.15, 0.2) is 0 Å². The number of carboxylic acids is 1. The maximum absolute atomic E-state index is 12.4. The Morgan fingerprint density at radius 1 is 1.23 bits per heavy atom. The van der Waals surface area contributed by atoms with Crippen molar-refractivity contribution in [1.29, 1.82) is 0 Å². The van der Waals surface area contributed by atoms with Gasteiger partial charge < -0.3 is 24.4 Å². The highest BCUT2D eigenvalue weighted by Crippen LogP contribution is 2.17. The third-order valence-electron chi connectivity index (χ3n) is 5.10. The lowest BCUT2D eigenvalue weighted by Gasteiger charge is -2.32. The molecule has 0 aliphatic carbocycles. The van der Waals surface area contributed by atoms with Gasteiger partial charge in [0, 0.05) is 26.7 Å². The minimum absolute atomic E-state index is 0.0236. The molecular weight excluding hydrogens is 340 g/mol. The summed E-state index contributed by atoms with van der Waals surface area (Å²) < 4.78 is 11.2. The highest BCUT2D eigenvalue weighted by atomic mass is 16.5. The molecule has 2 saturated heterocycles. The van der Waals surface area contributed by atoms with Crippen LogP contribution in [0.3, 0.4) is 0 Å². The van der Waals surface area contributed by atoms with Crippen molar-refractivity contribution in [1.82, 2.24) is 9.80 Å². The van der Waals surface area contributed by atoms with E-state index in [2.05, 4.69) is 0 Å². The highest BCUT2D eigenvalue weighted by molar-refractivity contribution is 5.86. The average molecular weight is 370 g/mol. The Morgan fingerprint density at radius 2 is 1.92 bits per heavy atom. The molecule has 0 aromatic rings. The SMILES string of the molecule is CC(OCC1CCCCO1)C(=O)N(C)CC(=O)N1CCC(C(=O)O)CC1. The number of carboxylic acid groups (broad SMARTS) is 1. The molecule has 2 amide bonds. The molecule has 0 aromatic carbocycles. The Balaban J connectivity index is 1.71. The molecule has 2 rings (SSSR count). The molecule has 8 nitrogen and oxygen atoms in total. The van der Waals surface area contributed by atoms with Crippen molar-refractivity contribution in [3.63, 3.8) is 0 Å². The summed E-state index contributed by atoms with van der Waals surface area (Å²) in [5, 5.41) is 9.01. The maximum atomic E-state index is 12.4. The standard InChI is InChI=1S/C18H30N2O6/c1-13(26-12-15-5-3-4-10-25-15)17(22)19(2)11-16(21)20-8-6-14(7-9-20)18(23)24/h13-15H,3-12H2,1-2H3,(H,23,24). The number of nitrogens with zero attached hydrogens (tertiary/aromatic N) is 2. The van der Waals surface area contributed by atoms with E-state index >= 15 is 0 Å². The van der Waals surface area contributed by atoms with Crippen LogP contribution >= 0.6 is 0 Å². The van der Waals surface area contributed by atoms with E-state index in [9.17, 15) is 14.4 Å². The lowest BCUT2D eigenvalue weighted by Crippen LogP contribution is -2.47. The molecule has 26 heavy (non-hydrogen) atoms. The molecule has 2 aliphatic heterocycles. The van der Waals surface area contributed by atoms with Gasteiger partial charge >= 0.3 is 5.97 Å². The minimum atomic E-state index is -0.808. The van der Waals surface area contributed by atoms with Gasteiger partial charge in [-0.2, -0.15) is 0 Å². The summed E-state index contributed by atoms with van der Waals surface area (Å²) in [7, 11) is 1.58. The molecule has 2 fully saturated rings. The predicted molar refractivity (Wildman–Crippen MR) is 93.6 cm³/mol. The Labute approximate surface area is 154 Å². The molecule has 0 bridgehead atoms. The zero-order chi connectivity index (χ0) is 19.1. The number of rotatable bonds is 7. The van der Waals surface area contributed by atoms with Gasteiger partial charge in [0.2, 0.25) is 5.91 Å². The number of hydrogen-bond acceptors (Lipinski definition) is 5. The Bertz CT molecular complexity index is 498. The number of likely N-dealkylation sites (N-methyl/N-ethyl adjacent to an activating group) is 1. The number of likely N-dealkylation sites (tertiary alicyclic amines) is 1. The Kier molecular flexibility index (Phi) is 7.84. The number of aliphatic carboxylic acids is 1. The van der Waals surface area contributed by atoms with E-state index in [1.54, 1.807) is 18.9 Å². The molecule has 8 heteroatoms. The second kappa shape index (κ2) is 9.87. The fourth-order valence-corrected chi connectivity index (χ4v) is 3.33. The smallest absolute Gasteiger partial charge is 0.306 e. The summed E-state index contributed by atoms with van der Waals surface area (Å²) in [5.41, 5.74) is 0. The first-order chi connectivity index (χ1) is 12.4. The third kappa shape index (κ3) is 5.95. The molecule has 0 saturated carbocycles. The van der Waals surface area contributed by atoms with E-state index < -0.39 is 12.1 Å². The number of carbonyl (C=O) groups is 3. The van der Waals surface area contributed by atoms with E-state index in [4.69, 9.17) is 14.6 Å². The summed E-state index contributed by atoms with van der Waals surface area (Å²) >= 11 is 0. The first-order valence-corrected chi connectivity index (χ1v) is 9.37. The maximum Gasteiger partial charge on any atom is 0.306 e. The fourth-order valence-electron chi connectivity index (χ4n) is 3.33. The summed E-state index contributed by atoms with van der Waals surface area (Å²) in [4.78, 5) is 38.7. The summed E-state index contributed by atoms with van der Waals surface area (Å²) in [6.07, 6.45) is 3.46. The van der Waals surface area contributed by atoms with E-state index in [0.29, 0.717) is 32.5 Å². The number of carbonyl (C=O) groups excluding carboxylic acids is 2. The van der Waals surface area contributed by atoms with Crippen LogP contribution in [0, 0.1) is 5.92 Å². The van der Waals surface area contributed by atoms with Gasteiger partial charge in [-0.15, -0.1) is 0 Å².